The zero-order valence-electron chi connectivity index (χ0n) is 18.6. The molecule has 0 bridgehead atoms. The number of ether oxygens (including phenoxy) is 1. The second kappa shape index (κ2) is 8.71. The van der Waals surface area contributed by atoms with E-state index in [9.17, 15) is 4.79 Å². The highest BCUT2D eigenvalue weighted by molar-refractivity contribution is 5.94. The van der Waals surface area contributed by atoms with Crippen molar-refractivity contribution in [1.29, 1.82) is 0 Å². The van der Waals surface area contributed by atoms with Gasteiger partial charge in [-0.1, -0.05) is 48.5 Å². The van der Waals surface area contributed by atoms with Gasteiger partial charge in [-0.25, -0.2) is 9.97 Å². The van der Waals surface area contributed by atoms with Crippen molar-refractivity contribution in [2.45, 2.75) is 39.0 Å². The van der Waals surface area contributed by atoms with Crippen LogP contribution in [0, 0.1) is 0 Å². The Hall–Kier alpha value is -3.25. The van der Waals surface area contributed by atoms with E-state index in [0.29, 0.717) is 18.7 Å². The summed E-state index contributed by atoms with van der Waals surface area (Å²) in [6.07, 6.45) is 0.962. The van der Waals surface area contributed by atoms with Crippen LogP contribution in [0.3, 0.4) is 0 Å². The van der Waals surface area contributed by atoms with Crippen molar-refractivity contribution in [2.75, 3.05) is 24.5 Å². The van der Waals surface area contributed by atoms with Gasteiger partial charge >= 0.3 is 0 Å². The third-order valence-corrected chi connectivity index (χ3v) is 6.10. The summed E-state index contributed by atoms with van der Waals surface area (Å²) in [6.45, 7) is 6.91. The minimum Gasteiger partial charge on any atom is -0.372 e. The van der Waals surface area contributed by atoms with E-state index in [2.05, 4.69) is 18.7 Å². The van der Waals surface area contributed by atoms with Crippen molar-refractivity contribution in [2.24, 2.45) is 0 Å². The molecule has 5 rings (SSSR count). The first-order chi connectivity index (χ1) is 15.6. The standard InChI is InChI=1S/C26H28N4O2/c1-18-15-30(16-19(2)32-18)25-22-17-29(26(31)21-11-7-4-8-12-21)14-13-23(22)27-24(28-25)20-9-5-3-6-10-20/h3-12,18-19H,13-17H2,1-2H3. The maximum absolute atomic E-state index is 13.1. The molecule has 0 aliphatic carbocycles. The molecule has 2 atom stereocenters. The van der Waals surface area contributed by atoms with E-state index in [1.165, 1.54) is 0 Å². The molecule has 3 heterocycles. The van der Waals surface area contributed by atoms with Gasteiger partial charge in [-0.3, -0.25) is 4.79 Å². The SMILES string of the molecule is CC1CN(c2nc(-c3ccccc3)nc3c2CN(C(=O)c2ccccc2)CC3)CC(C)O1. The number of fused-ring (bicyclic) bond motifs is 1. The first-order valence-corrected chi connectivity index (χ1v) is 11.3. The summed E-state index contributed by atoms with van der Waals surface area (Å²) >= 11 is 0. The number of hydrogen-bond donors (Lipinski definition) is 0. The van der Waals surface area contributed by atoms with Gasteiger partial charge < -0.3 is 14.5 Å². The third-order valence-electron chi connectivity index (χ3n) is 6.10. The Morgan fingerprint density at radius 2 is 1.59 bits per heavy atom. The lowest BCUT2D eigenvalue weighted by atomic mass is 10.0. The minimum atomic E-state index is 0.0537. The van der Waals surface area contributed by atoms with Gasteiger partial charge in [0.25, 0.3) is 5.91 Å². The first-order valence-electron chi connectivity index (χ1n) is 11.3. The number of morpholine rings is 1. The van der Waals surface area contributed by atoms with Gasteiger partial charge in [-0.2, -0.15) is 0 Å². The molecule has 0 saturated carbocycles. The highest BCUT2D eigenvalue weighted by atomic mass is 16.5. The van der Waals surface area contributed by atoms with E-state index in [1.54, 1.807) is 0 Å². The van der Waals surface area contributed by atoms with Crippen LogP contribution in [-0.4, -0.2) is 52.6 Å². The largest absolute Gasteiger partial charge is 0.372 e. The van der Waals surface area contributed by atoms with E-state index in [1.807, 2.05) is 65.6 Å². The van der Waals surface area contributed by atoms with Gasteiger partial charge in [-0.05, 0) is 26.0 Å². The van der Waals surface area contributed by atoms with Crippen molar-refractivity contribution >= 4 is 11.7 Å². The molecule has 2 unspecified atom stereocenters. The van der Waals surface area contributed by atoms with Crippen LogP contribution in [0.1, 0.15) is 35.5 Å². The fourth-order valence-corrected chi connectivity index (χ4v) is 4.66. The van der Waals surface area contributed by atoms with Crippen molar-refractivity contribution in [1.82, 2.24) is 14.9 Å². The van der Waals surface area contributed by atoms with Gasteiger partial charge in [-0.15, -0.1) is 0 Å². The molecule has 3 aromatic rings. The van der Waals surface area contributed by atoms with Crippen LogP contribution < -0.4 is 4.90 Å². The maximum Gasteiger partial charge on any atom is 0.254 e. The number of anilines is 1. The highest BCUT2D eigenvalue weighted by Crippen LogP contribution is 2.32. The lowest BCUT2D eigenvalue weighted by molar-refractivity contribution is -0.00558. The molecule has 6 heteroatoms. The van der Waals surface area contributed by atoms with Crippen molar-refractivity contribution < 1.29 is 9.53 Å². The fourth-order valence-electron chi connectivity index (χ4n) is 4.66. The van der Waals surface area contributed by atoms with E-state index < -0.39 is 0 Å². The molecule has 0 radical (unpaired) electrons. The van der Waals surface area contributed by atoms with E-state index >= 15 is 0 Å². The average Bonchev–Trinajstić information content (AvgIpc) is 2.83. The quantitative estimate of drug-likeness (QED) is 0.632. The van der Waals surface area contributed by atoms with E-state index in [0.717, 1.165) is 48.0 Å². The summed E-state index contributed by atoms with van der Waals surface area (Å²) < 4.78 is 5.96. The predicted octanol–water partition coefficient (Wildman–Crippen LogP) is 3.96. The van der Waals surface area contributed by atoms with Crippen LogP contribution in [-0.2, 0) is 17.7 Å². The Morgan fingerprint density at radius 1 is 0.938 bits per heavy atom. The smallest absolute Gasteiger partial charge is 0.254 e. The molecule has 2 aromatic carbocycles. The minimum absolute atomic E-state index is 0.0537. The Balaban J connectivity index is 1.54. The lowest BCUT2D eigenvalue weighted by Gasteiger charge is -2.39. The summed E-state index contributed by atoms with van der Waals surface area (Å²) in [5.74, 6) is 1.73. The van der Waals surface area contributed by atoms with Crippen LogP contribution in [0.4, 0.5) is 5.82 Å². The zero-order valence-corrected chi connectivity index (χ0v) is 18.6. The number of hydrogen-bond acceptors (Lipinski definition) is 5. The predicted molar refractivity (Wildman–Crippen MR) is 125 cm³/mol. The molecule has 0 spiro atoms. The molecular formula is C26H28N4O2. The van der Waals surface area contributed by atoms with E-state index in [4.69, 9.17) is 14.7 Å². The second-order valence-corrected chi connectivity index (χ2v) is 8.67. The second-order valence-electron chi connectivity index (χ2n) is 8.67. The highest BCUT2D eigenvalue weighted by Gasteiger charge is 2.31. The van der Waals surface area contributed by atoms with Gasteiger partial charge in [0.2, 0.25) is 0 Å². The fraction of sp³-hybridized carbons (Fsp3) is 0.346. The molecule has 2 aliphatic rings. The maximum atomic E-state index is 13.1. The van der Waals surface area contributed by atoms with Gasteiger partial charge in [0.1, 0.15) is 5.82 Å². The summed E-state index contributed by atoms with van der Waals surface area (Å²) in [7, 11) is 0. The number of benzene rings is 2. The number of amides is 1. The summed E-state index contributed by atoms with van der Waals surface area (Å²) in [4.78, 5) is 27.3. The molecular weight excluding hydrogens is 400 g/mol. The molecule has 1 fully saturated rings. The van der Waals surface area contributed by atoms with Crippen LogP contribution in [0.15, 0.2) is 60.7 Å². The number of nitrogens with zero attached hydrogens (tertiary/aromatic N) is 4. The first kappa shape index (κ1) is 20.6. The van der Waals surface area contributed by atoms with Crippen molar-refractivity contribution in [3.63, 3.8) is 0 Å². The van der Waals surface area contributed by atoms with Crippen LogP contribution in [0.5, 0.6) is 0 Å². The van der Waals surface area contributed by atoms with Crippen LogP contribution in [0.25, 0.3) is 11.4 Å². The average molecular weight is 429 g/mol. The molecule has 1 saturated heterocycles. The molecule has 164 valence electrons. The summed E-state index contributed by atoms with van der Waals surface area (Å²) in [5, 5.41) is 0. The number of carbonyl (C=O) groups excluding carboxylic acids is 1. The summed E-state index contributed by atoms with van der Waals surface area (Å²) in [6, 6.07) is 19.6. The van der Waals surface area contributed by atoms with Gasteiger partial charge in [0.15, 0.2) is 5.82 Å². The molecule has 2 aliphatic heterocycles. The van der Waals surface area contributed by atoms with Gasteiger partial charge in [0, 0.05) is 42.7 Å². The topological polar surface area (TPSA) is 58.6 Å². The Morgan fingerprint density at radius 3 is 2.28 bits per heavy atom. The third kappa shape index (κ3) is 4.10. The Labute approximate surface area is 188 Å². The van der Waals surface area contributed by atoms with Crippen molar-refractivity contribution in [3.8, 4) is 11.4 Å². The Kier molecular flexibility index (Phi) is 5.62. The van der Waals surface area contributed by atoms with Crippen LogP contribution >= 0.6 is 0 Å². The zero-order chi connectivity index (χ0) is 22.1. The number of aromatic nitrogens is 2. The molecule has 1 amide bonds. The summed E-state index contributed by atoms with van der Waals surface area (Å²) in [5.41, 5.74) is 3.82. The number of carbonyl (C=O) groups is 1. The monoisotopic (exact) mass is 428 g/mol. The molecule has 1 aromatic heterocycles. The van der Waals surface area contributed by atoms with Crippen molar-refractivity contribution in [3.05, 3.63) is 77.5 Å². The van der Waals surface area contributed by atoms with E-state index in [-0.39, 0.29) is 18.1 Å². The molecule has 32 heavy (non-hydrogen) atoms. The molecule has 6 nitrogen and oxygen atoms in total. The lowest BCUT2D eigenvalue weighted by Crippen LogP contribution is -2.47. The number of rotatable bonds is 3. The Bertz CT molecular complexity index is 1090. The normalized spacial score (nSPS) is 20.7. The molecule has 0 N–H and O–H groups in total. The van der Waals surface area contributed by atoms with Crippen LogP contribution in [0.2, 0.25) is 0 Å². The van der Waals surface area contributed by atoms with Gasteiger partial charge in [0.05, 0.1) is 24.4 Å².